The van der Waals surface area contributed by atoms with Crippen molar-refractivity contribution >= 4 is 18.3 Å². The standard InChI is InChI=1S/C16H26N2O2.ClH/c1-5-13-8-6-7-9-14(13)20-10-15(19)18-16(4,11-17)12(2)3;/h6-9,12H,5,10-11,17H2,1-4H3,(H,18,19);1H. The van der Waals surface area contributed by atoms with Gasteiger partial charge in [-0.05, 0) is 30.9 Å². The van der Waals surface area contributed by atoms with Crippen molar-refractivity contribution < 1.29 is 9.53 Å². The molecule has 0 heterocycles. The highest BCUT2D eigenvalue weighted by Gasteiger charge is 2.28. The number of benzene rings is 1. The minimum absolute atomic E-state index is 0. The quantitative estimate of drug-likeness (QED) is 0.813. The molecule has 0 fully saturated rings. The minimum atomic E-state index is -0.398. The molecule has 21 heavy (non-hydrogen) atoms. The van der Waals surface area contributed by atoms with Crippen molar-refractivity contribution in [2.24, 2.45) is 11.7 Å². The summed E-state index contributed by atoms with van der Waals surface area (Å²) in [6.45, 7) is 8.52. The van der Waals surface area contributed by atoms with Crippen LogP contribution >= 0.6 is 12.4 Å². The largest absolute Gasteiger partial charge is 0.483 e. The van der Waals surface area contributed by atoms with Crippen molar-refractivity contribution in [3.8, 4) is 5.75 Å². The molecule has 3 N–H and O–H groups in total. The van der Waals surface area contributed by atoms with Crippen molar-refractivity contribution in [3.63, 3.8) is 0 Å². The van der Waals surface area contributed by atoms with Gasteiger partial charge < -0.3 is 15.8 Å². The summed E-state index contributed by atoms with van der Waals surface area (Å²) in [5.41, 5.74) is 6.46. The predicted octanol–water partition coefficient (Wildman–Crippen LogP) is 2.54. The van der Waals surface area contributed by atoms with Crippen LogP contribution in [-0.4, -0.2) is 24.6 Å². The van der Waals surface area contributed by atoms with E-state index in [9.17, 15) is 4.79 Å². The van der Waals surface area contributed by atoms with Crippen LogP contribution in [0.1, 0.15) is 33.3 Å². The van der Waals surface area contributed by atoms with Crippen LogP contribution in [0.2, 0.25) is 0 Å². The van der Waals surface area contributed by atoms with Gasteiger partial charge in [-0.1, -0.05) is 39.0 Å². The third-order valence-electron chi connectivity index (χ3n) is 3.84. The lowest BCUT2D eigenvalue weighted by Crippen LogP contribution is -2.56. The molecule has 0 aliphatic carbocycles. The third kappa shape index (κ3) is 5.56. The molecule has 4 nitrogen and oxygen atoms in total. The van der Waals surface area contributed by atoms with Crippen LogP contribution in [0, 0.1) is 5.92 Å². The molecule has 0 aliphatic heterocycles. The minimum Gasteiger partial charge on any atom is -0.483 e. The Hall–Kier alpha value is -1.26. The molecule has 1 rings (SSSR count). The molecule has 120 valence electrons. The van der Waals surface area contributed by atoms with E-state index in [-0.39, 0.29) is 30.8 Å². The van der Waals surface area contributed by atoms with E-state index in [1.165, 1.54) is 0 Å². The Balaban J connectivity index is 0.00000400. The maximum Gasteiger partial charge on any atom is 0.258 e. The molecule has 0 radical (unpaired) electrons. The molecule has 0 bridgehead atoms. The summed E-state index contributed by atoms with van der Waals surface area (Å²) in [6, 6.07) is 7.77. The van der Waals surface area contributed by atoms with Crippen LogP contribution in [0.5, 0.6) is 5.75 Å². The van der Waals surface area contributed by atoms with Gasteiger partial charge in [-0.25, -0.2) is 0 Å². The molecule has 0 spiro atoms. The van der Waals surface area contributed by atoms with Gasteiger partial charge in [0.15, 0.2) is 6.61 Å². The third-order valence-corrected chi connectivity index (χ3v) is 3.84. The summed E-state index contributed by atoms with van der Waals surface area (Å²) in [7, 11) is 0. The van der Waals surface area contributed by atoms with Gasteiger partial charge in [0.05, 0.1) is 5.54 Å². The summed E-state index contributed by atoms with van der Waals surface area (Å²) in [5.74, 6) is 0.890. The molecule has 5 heteroatoms. The van der Waals surface area contributed by atoms with E-state index >= 15 is 0 Å². The summed E-state index contributed by atoms with van der Waals surface area (Å²) in [4.78, 5) is 12.0. The number of carbonyl (C=O) groups excluding carboxylic acids is 1. The van der Waals surface area contributed by atoms with Crippen LogP contribution in [-0.2, 0) is 11.2 Å². The number of nitrogens with one attached hydrogen (secondary N) is 1. The maximum atomic E-state index is 12.0. The summed E-state index contributed by atoms with van der Waals surface area (Å²) >= 11 is 0. The number of para-hydroxylation sites is 1. The number of hydrogen-bond acceptors (Lipinski definition) is 3. The summed E-state index contributed by atoms with van der Waals surface area (Å²) in [5, 5.41) is 2.96. The van der Waals surface area contributed by atoms with Crippen molar-refractivity contribution in [1.82, 2.24) is 5.32 Å². The van der Waals surface area contributed by atoms with Crippen LogP contribution in [0.3, 0.4) is 0 Å². The first-order chi connectivity index (χ1) is 9.42. The Morgan fingerprint density at radius 1 is 1.38 bits per heavy atom. The van der Waals surface area contributed by atoms with Gasteiger partial charge >= 0.3 is 0 Å². The number of nitrogens with two attached hydrogens (primary N) is 1. The Morgan fingerprint density at radius 2 is 2.00 bits per heavy atom. The molecular weight excluding hydrogens is 288 g/mol. The van der Waals surface area contributed by atoms with Crippen LogP contribution < -0.4 is 15.8 Å². The van der Waals surface area contributed by atoms with E-state index in [0.717, 1.165) is 17.7 Å². The van der Waals surface area contributed by atoms with Crippen molar-refractivity contribution in [2.75, 3.05) is 13.2 Å². The van der Waals surface area contributed by atoms with Gasteiger partial charge in [-0.15, -0.1) is 12.4 Å². The molecule has 0 aromatic heterocycles. The molecular formula is C16H27ClN2O2. The van der Waals surface area contributed by atoms with Gasteiger partial charge in [0.25, 0.3) is 5.91 Å². The number of amides is 1. The molecule has 0 saturated heterocycles. The topological polar surface area (TPSA) is 64.3 Å². The molecule has 1 unspecified atom stereocenters. The Bertz CT molecular complexity index is 452. The first-order valence-electron chi connectivity index (χ1n) is 7.14. The average molecular weight is 315 g/mol. The Labute approximate surface area is 133 Å². The van der Waals surface area contributed by atoms with Gasteiger partial charge in [-0.3, -0.25) is 4.79 Å². The fourth-order valence-electron chi connectivity index (χ4n) is 1.87. The van der Waals surface area contributed by atoms with Crippen LogP contribution in [0.25, 0.3) is 0 Å². The zero-order valence-corrected chi connectivity index (χ0v) is 14.1. The van der Waals surface area contributed by atoms with Gasteiger partial charge in [0, 0.05) is 6.54 Å². The lowest BCUT2D eigenvalue weighted by molar-refractivity contribution is -0.125. The number of rotatable bonds is 7. The van der Waals surface area contributed by atoms with Crippen molar-refractivity contribution in [1.29, 1.82) is 0 Å². The van der Waals surface area contributed by atoms with E-state index < -0.39 is 5.54 Å². The zero-order chi connectivity index (χ0) is 15.2. The van der Waals surface area contributed by atoms with E-state index in [1.807, 2.05) is 45.0 Å². The summed E-state index contributed by atoms with van der Waals surface area (Å²) in [6.07, 6.45) is 0.879. The predicted molar refractivity (Wildman–Crippen MR) is 89.0 cm³/mol. The molecule has 1 atom stereocenters. The van der Waals surface area contributed by atoms with E-state index in [2.05, 4.69) is 12.2 Å². The zero-order valence-electron chi connectivity index (χ0n) is 13.3. The molecule has 1 amide bonds. The lowest BCUT2D eigenvalue weighted by atomic mass is 9.88. The first kappa shape index (κ1) is 19.7. The molecule has 1 aromatic rings. The number of carbonyl (C=O) groups is 1. The number of ether oxygens (including phenoxy) is 1. The second-order valence-electron chi connectivity index (χ2n) is 5.57. The monoisotopic (exact) mass is 314 g/mol. The molecule has 0 saturated carbocycles. The fourth-order valence-corrected chi connectivity index (χ4v) is 1.87. The van der Waals surface area contributed by atoms with Crippen molar-refractivity contribution in [2.45, 2.75) is 39.7 Å². The maximum absolute atomic E-state index is 12.0. The number of halogens is 1. The average Bonchev–Trinajstić information content (AvgIpc) is 2.45. The SMILES string of the molecule is CCc1ccccc1OCC(=O)NC(C)(CN)C(C)C.Cl. The normalized spacial score (nSPS) is 13.2. The Kier molecular flexibility index (Phi) is 8.37. The van der Waals surface area contributed by atoms with E-state index in [4.69, 9.17) is 10.5 Å². The van der Waals surface area contributed by atoms with Crippen molar-refractivity contribution in [3.05, 3.63) is 29.8 Å². The number of aryl methyl sites for hydroxylation is 1. The summed E-state index contributed by atoms with van der Waals surface area (Å²) < 4.78 is 5.61. The highest BCUT2D eigenvalue weighted by molar-refractivity contribution is 5.85. The molecule has 0 aliphatic rings. The highest BCUT2D eigenvalue weighted by atomic mass is 35.5. The highest BCUT2D eigenvalue weighted by Crippen LogP contribution is 2.18. The molecule has 1 aromatic carbocycles. The lowest BCUT2D eigenvalue weighted by Gasteiger charge is -2.33. The second-order valence-corrected chi connectivity index (χ2v) is 5.57. The first-order valence-corrected chi connectivity index (χ1v) is 7.14. The van der Waals surface area contributed by atoms with Crippen LogP contribution in [0.4, 0.5) is 0 Å². The fraction of sp³-hybridized carbons (Fsp3) is 0.562. The van der Waals surface area contributed by atoms with Gasteiger partial charge in [0.1, 0.15) is 5.75 Å². The number of hydrogen-bond donors (Lipinski definition) is 2. The van der Waals surface area contributed by atoms with Crippen LogP contribution in [0.15, 0.2) is 24.3 Å². The second kappa shape index (κ2) is 8.90. The van der Waals surface area contributed by atoms with E-state index in [1.54, 1.807) is 0 Å². The van der Waals surface area contributed by atoms with Gasteiger partial charge in [-0.2, -0.15) is 0 Å². The van der Waals surface area contributed by atoms with Gasteiger partial charge in [0.2, 0.25) is 0 Å². The van der Waals surface area contributed by atoms with E-state index in [0.29, 0.717) is 6.54 Å². The Morgan fingerprint density at radius 3 is 2.52 bits per heavy atom. The smallest absolute Gasteiger partial charge is 0.258 e.